The lowest BCUT2D eigenvalue weighted by Gasteiger charge is -2.28. The molecule has 5 heteroatoms. The molecule has 1 aromatic carbocycles. The molecule has 3 rings (SSSR count). The van der Waals surface area contributed by atoms with E-state index in [0.29, 0.717) is 25.1 Å². The van der Waals surface area contributed by atoms with Crippen molar-refractivity contribution in [2.75, 3.05) is 7.05 Å². The Morgan fingerprint density at radius 2 is 2.08 bits per heavy atom. The molecule has 1 aliphatic rings. The monoisotopic (exact) mass is 345 g/mol. The molecule has 1 N–H and O–H groups in total. The van der Waals surface area contributed by atoms with E-state index in [1.165, 1.54) is 44.2 Å². The number of hydrogen-bond acceptors (Lipinski definition) is 3. The minimum Gasteiger partial charge on any atom is -0.473 e. The molecular weight excluding hydrogens is 317 g/mol. The highest BCUT2D eigenvalue weighted by Gasteiger charge is 2.24. The smallest absolute Gasteiger partial charge is 0.212 e. The fraction of sp³-hybridized carbons (Fsp3) is 0.550. The Hall–Kier alpha value is -1.88. The maximum absolute atomic E-state index is 13.4. The summed E-state index contributed by atoms with van der Waals surface area (Å²) in [5, 5.41) is 7.90. The van der Waals surface area contributed by atoms with Crippen LogP contribution in [0.3, 0.4) is 0 Å². The van der Waals surface area contributed by atoms with E-state index in [9.17, 15) is 4.39 Å². The van der Waals surface area contributed by atoms with Crippen molar-refractivity contribution in [2.45, 2.75) is 58.2 Å². The van der Waals surface area contributed by atoms with Gasteiger partial charge in [0.15, 0.2) is 0 Å². The van der Waals surface area contributed by atoms with E-state index in [-0.39, 0.29) is 5.82 Å². The molecule has 1 fully saturated rings. The van der Waals surface area contributed by atoms with E-state index in [1.54, 1.807) is 6.07 Å². The summed E-state index contributed by atoms with van der Waals surface area (Å²) in [6.45, 7) is 3.29. The van der Waals surface area contributed by atoms with Crippen molar-refractivity contribution in [1.82, 2.24) is 15.1 Å². The van der Waals surface area contributed by atoms with Gasteiger partial charge in [0, 0.05) is 12.6 Å². The van der Waals surface area contributed by atoms with Crippen LogP contribution in [-0.4, -0.2) is 16.8 Å². The predicted molar refractivity (Wildman–Crippen MR) is 97.0 cm³/mol. The van der Waals surface area contributed by atoms with E-state index in [0.717, 1.165) is 17.1 Å². The van der Waals surface area contributed by atoms with Crippen LogP contribution in [-0.2, 0) is 13.2 Å². The molecule has 25 heavy (non-hydrogen) atoms. The molecule has 1 aliphatic carbocycles. The van der Waals surface area contributed by atoms with E-state index in [2.05, 4.69) is 12.2 Å². The number of rotatable bonds is 7. The zero-order chi connectivity index (χ0) is 17.6. The van der Waals surface area contributed by atoms with Crippen LogP contribution < -0.4 is 10.1 Å². The molecule has 0 saturated heterocycles. The number of nitrogens with zero attached hydrogens (tertiary/aromatic N) is 2. The van der Waals surface area contributed by atoms with E-state index in [4.69, 9.17) is 9.84 Å². The second kappa shape index (κ2) is 8.48. The van der Waals surface area contributed by atoms with Crippen LogP contribution in [0.4, 0.5) is 4.39 Å². The summed E-state index contributed by atoms with van der Waals surface area (Å²) in [5.74, 6) is 1.18. The van der Waals surface area contributed by atoms with E-state index in [1.807, 2.05) is 23.9 Å². The molecule has 4 nitrogen and oxygen atoms in total. The Morgan fingerprint density at radius 1 is 1.28 bits per heavy atom. The quantitative estimate of drug-likeness (QED) is 0.805. The van der Waals surface area contributed by atoms with Crippen LogP contribution in [0, 0.1) is 11.7 Å². The van der Waals surface area contributed by atoms with Gasteiger partial charge in [-0.1, -0.05) is 31.4 Å². The standard InChI is InChI=1S/C20H28FN3O/c1-15(17-8-4-3-5-9-17)24-20(12-19(23-24)13-22-2)25-14-16-7-6-10-18(21)11-16/h6-7,10-12,15,17,22H,3-5,8-9,13-14H2,1-2H3. The molecule has 1 unspecified atom stereocenters. The molecule has 0 radical (unpaired) electrons. The van der Waals surface area contributed by atoms with Gasteiger partial charge >= 0.3 is 0 Å². The maximum atomic E-state index is 13.4. The van der Waals surface area contributed by atoms with Crippen molar-refractivity contribution in [3.63, 3.8) is 0 Å². The minimum absolute atomic E-state index is 0.235. The topological polar surface area (TPSA) is 39.1 Å². The molecule has 2 aromatic rings. The third kappa shape index (κ3) is 4.60. The zero-order valence-electron chi connectivity index (χ0n) is 15.2. The lowest BCUT2D eigenvalue weighted by Crippen LogP contribution is -2.21. The number of halogens is 1. The Morgan fingerprint density at radius 3 is 2.80 bits per heavy atom. The SMILES string of the molecule is CNCc1cc(OCc2cccc(F)c2)n(C(C)C2CCCCC2)n1. The lowest BCUT2D eigenvalue weighted by molar-refractivity contribution is 0.209. The van der Waals surface area contributed by atoms with Crippen molar-refractivity contribution in [2.24, 2.45) is 5.92 Å². The normalized spacial score (nSPS) is 16.8. The minimum atomic E-state index is -0.235. The fourth-order valence-corrected chi connectivity index (χ4v) is 3.69. The van der Waals surface area contributed by atoms with Gasteiger partial charge in [0.25, 0.3) is 0 Å². The van der Waals surface area contributed by atoms with Gasteiger partial charge in [-0.05, 0) is 50.4 Å². The largest absolute Gasteiger partial charge is 0.473 e. The van der Waals surface area contributed by atoms with Crippen LogP contribution in [0.1, 0.15) is 56.3 Å². The first-order chi connectivity index (χ1) is 12.2. The third-order valence-corrected chi connectivity index (χ3v) is 5.10. The summed E-state index contributed by atoms with van der Waals surface area (Å²) in [7, 11) is 1.91. The van der Waals surface area contributed by atoms with Crippen molar-refractivity contribution in [3.05, 3.63) is 47.4 Å². The van der Waals surface area contributed by atoms with Crippen LogP contribution in [0.5, 0.6) is 5.88 Å². The summed E-state index contributed by atoms with van der Waals surface area (Å²) >= 11 is 0. The molecule has 1 atom stereocenters. The van der Waals surface area contributed by atoms with Crippen molar-refractivity contribution in [1.29, 1.82) is 0 Å². The Kier molecular flexibility index (Phi) is 6.08. The maximum Gasteiger partial charge on any atom is 0.212 e. The number of benzene rings is 1. The fourth-order valence-electron chi connectivity index (χ4n) is 3.69. The first kappa shape index (κ1) is 17.9. The highest BCUT2D eigenvalue weighted by atomic mass is 19.1. The summed E-state index contributed by atoms with van der Waals surface area (Å²) in [6, 6.07) is 8.86. The first-order valence-electron chi connectivity index (χ1n) is 9.27. The molecule has 1 heterocycles. The van der Waals surface area contributed by atoms with E-state index < -0.39 is 0 Å². The van der Waals surface area contributed by atoms with Crippen LogP contribution in [0.25, 0.3) is 0 Å². The Labute approximate surface area is 149 Å². The second-order valence-corrected chi connectivity index (χ2v) is 7.01. The van der Waals surface area contributed by atoms with Crippen LogP contribution in [0.2, 0.25) is 0 Å². The molecular formula is C20H28FN3O. The highest BCUT2D eigenvalue weighted by molar-refractivity contribution is 5.20. The van der Waals surface area contributed by atoms with Gasteiger partial charge in [0.1, 0.15) is 12.4 Å². The van der Waals surface area contributed by atoms with Crippen LogP contribution >= 0.6 is 0 Å². The Bertz CT molecular complexity index is 679. The van der Waals surface area contributed by atoms with Crippen molar-refractivity contribution >= 4 is 0 Å². The first-order valence-corrected chi connectivity index (χ1v) is 9.27. The molecule has 1 aromatic heterocycles. The summed E-state index contributed by atoms with van der Waals surface area (Å²) in [4.78, 5) is 0. The van der Waals surface area contributed by atoms with Gasteiger partial charge in [-0.2, -0.15) is 5.10 Å². The molecule has 0 bridgehead atoms. The summed E-state index contributed by atoms with van der Waals surface area (Å²) in [5.41, 5.74) is 1.80. The Balaban J connectivity index is 1.76. The number of nitrogens with one attached hydrogen (secondary N) is 1. The summed E-state index contributed by atoms with van der Waals surface area (Å²) in [6.07, 6.45) is 6.46. The lowest BCUT2D eigenvalue weighted by atomic mass is 9.85. The van der Waals surface area contributed by atoms with Gasteiger partial charge < -0.3 is 10.1 Å². The molecule has 0 spiro atoms. The molecule has 136 valence electrons. The highest BCUT2D eigenvalue weighted by Crippen LogP contribution is 2.34. The third-order valence-electron chi connectivity index (χ3n) is 5.10. The van der Waals surface area contributed by atoms with Gasteiger partial charge in [-0.3, -0.25) is 0 Å². The van der Waals surface area contributed by atoms with Gasteiger partial charge in [0.2, 0.25) is 5.88 Å². The number of ether oxygens (including phenoxy) is 1. The van der Waals surface area contributed by atoms with Gasteiger partial charge in [-0.15, -0.1) is 0 Å². The summed E-state index contributed by atoms with van der Waals surface area (Å²) < 4.78 is 21.4. The second-order valence-electron chi connectivity index (χ2n) is 7.01. The number of aromatic nitrogens is 2. The van der Waals surface area contributed by atoms with Gasteiger partial charge in [-0.25, -0.2) is 9.07 Å². The predicted octanol–water partition coefficient (Wildman–Crippen LogP) is 4.46. The average molecular weight is 345 g/mol. The van der Waals surface area contributed by atoms with Crippen molar-refractivity contribution in [3.8, 4) is 5.88 Å². The van der Waals surface area contributed by atoms with E-state index >= 15 is 0 Å². The molecule has 0 aliphatic heterocycles. The average Bonchev–Trinajstić information content (AvgIpc) is 3.03. The van der Waals surface area contributed by atoms with Crippen molar-refractivity contribution < 1.29 is 9.13 Å². The molecule has 0 amide bonds. The number of hydrogen-bond donors (Lipinski definition) is 1. The van der Waals surface area contributed by atoms with Gasteiger partial charge in [0.05, 0.1) is 11.7 Å². The van der Waals surface area contributed by atoms with Crippen LogP contribution in [0.15, 0.2) is 30.3 Å². The molecule has 1 saturated carbocycles. The zero-order valence-corrected chi connectivity index (χ0v) is 15.2.